The van der Waals surface area contributed by atoms with Crippen molar-refractivity contribution in [2.24, 2.45) is 0 Å². The third-order valence-electron chi connectivity index (χ3n) is 5.38. The van der Waals surface area contributed by atoms with Gasteiger partial charge in [-0.2, -0.15) is 0 Å². The number of furan rings is 1. The number of pyridine rings is 2. The van der Waals surface area contributed by atoms with Gasteiger partial charge in [0, 0.05) is 29.5 Å². The van der Waals surface area contributed by atoms with Crippen LogP contribution in [-0.4, -0.2) is 9.97 Å². The highest BCUT2D eigenvalue weighted by molar-refractivity contribution is 6.10. The van der Waals surface area contributed by atoms with E-state index >= 15 is 0 Å². The second-order valence-corrected chi connectivity index (χ2v) is 7.58. The van der Waals surface area contributed by atoms with Gasteiger partial charge in [-0.3, -0.25) is 4.98 Å². The predicted molar refractivity (Wildman–Crippen MR) is 119 cm³/mol. The van der Waals surface area contributed by atoms with E-state index in [1.54, 1.807) is 6.20 Å². The van der Waals surface area contributed by atoms with Crippen molar-refractivity contribution in [2.45, 2.75) is 26.7 Å². The first kappa shape index (κ1) is 16.5. The molecule has 5 rings (SSSR count). The zero-order valence-electron chi connectivity index (χ0n) is 17.7. The highest BCUT2D eigenvalue weighted by atomic mass is 16.3. The summed E-state index contributed by atoms with van der Waals surface area (Å²) >= 11 is 0. The minimum Gasteiger partial charge on any atom is -0.437 e. The Morgan fingerprint density at radius 2 is 1.76 bits per heavy atom. The first-order valence-electron chi connectivity index (χ1n) is 10.3. The van der Waals surface area contributed by atoms with Crippen LogP contribution in [0.1, 0.15) is 32.2 Å². The molecule has 0 aliphatic rings. The van der Waals surface area contributed by atoms with E-state index < -0.39 is 5.89 Å². The highest BCUT2D eigenvalue weighted by Gasteiger charge is 2.17. The van der Waals surface area contributed by atoms with Gasteiger partial charge in [-0.05, 0) is 54.3 Å². The molecule has 0 spiro atoms. The average Bonchev–Trinajstić information content (AvgIpc) is 3.13. The van der Waals surface area contributed by atoms with Crippen LogP contribution in [0.15, 0.2) is 77.3 Å². The summed E-state index contributed by atoms with van der Waals surface area (Å²) < 4.78 is 14.7. The molecule has 0 bridgehead atoms. The van der Waals surface area contributed by atoms with Gasteiger partial charge in [0.05, 0.1) is 11.4 Å². The molecule has 0 saturated heterocycles. The summed E-state index contributed by atoms with van der Waals surface area (Å²) in [4.78, 5) is 9.37. The lowest BCUT2D eigenvalue weighted by Gasteiger charge is -2.08. The Morgan fingerprint density at radius 3 is 2.55 bits per heavy atom. The molecule has 142 valence electrons. The van der Waals surface area contributed by atoms with Gasteiger partial charge in [0.2, 0.25) is 5.71 Å². The van der Waals surface area contributed by atoms with Gasteiger partial charge < -0.3 is 4.42 Å². The van der Waals surface area contributed by atoms with Crippen LogP contribution in [0.2, 0.25) is 0 Å². The van der Waals surface area contributed by atoms with Crippen molar-refractivity contribution in [1.82, 2.24) is 9.97 Å². The summed E-state index contributed by atoms with van der Waals surface area (Å²) in [7, 11) is 0. The Hall–Kier alpha value is -3.46. The van der Waals surface area contributed by atoms with E-state index in [2.05, 4.69) is 24.0 Å². The van der Waals surface area contributed by atoms with Crippen LogP contribution in [0.5, 0.6) is 0 Å². The average molecular weight is 379 g/mol. The Bertz CT molecular complexity index is 1380. The molecule has 2 aromatic carbocycles. The maximum atomic E-state index is 8.36. The SMILES string of the molecule is [2H]C(C)(C)c1ccnc(-c2ccc(C)c3c2oc2nc(-c4ccccc4)ccc23)c1. The Kier molecular flexibility index (Phi) is 3.90. The molecular weight excluding hydrogens is 356 g/mol. The van der Waals surface area contributed by atoms with E-state index in [9.17, 15) is 0 Å². The number of aryl methyl sites for hydroxylation is 1. The van der Waals surface area contributed by atoms with E-state index in [-0.39, 0.29) is 0 Å². The minimum atomic E-state index is -0.693. The summed E-state index contributed by atoms with van der Waals surface area (Å²) in [5.41, 5.74) is 7.14. The van der Waals surface area contributed by atoms with Crippen molar-refractivity contribution in [3.8, 4) is 22.5 Å². The summed E-state index contributed by atoms with van der Waals surface area (Å²) in [6, 6.07) is 22.3. The molecule has 0 aliphatic heterocycles. The van der Waals surface area contributed by atoms with Gasteiger partial charge in [0.25, 0.3) is 0 Å². The molecular formula is C26H22N2O. The third-order valence-corrected chi connectivity index (χ3v) is 5.38. The Morgan fingerprint density at radius 1 is 0.931 bits per heavy atom. The van der Waals surface area contributed by atoms with E-state index in [0.29, 0.717) is 5.71 Å². The molecule has 0 N–H and O–H groups in total. The molecule has 3 heteroatoms. The van der Waals surface area contributed by atoms with Crippen molar-refractivity contribution in [3.63, 3.8) is 0 Å². The number of rotatable bonds is 3. The third kappa shape index (κ3) is 2.99. The molecule has 0 unspecified atom stereocenters. The molecule has 0 radical (unpaired) electrons. The van der Waals surface area contributed by atoms with E-state index in [1.807, 2.05) is 68.4 Å². The monoisotopic (exact) mass is 379 g/mol. The number of hydrogen-bond acceptors (Lipinski definition) is 3. The molecule has 0 aliphatic carbocycles. The highest BCUT2D eigenvalue weighted by Crippen LogP contribution is 2.37. The smallest absolute Gasteiger partial charge is 0.227 e. The molecule has 0 saturated carbocycles. The second kappa shape index (κ2) is 6.85. The number of fused-ring (bicyclic) bond motifs is 3. The molecule has 0 amide bonds. The van der Waals surface area contributed by atoms with Gasteiger partial charge in [-0.25, -0.2) is 4.98 Å². The fraction of sp³-hybridized carbons (Fsp3) is 0.154. The van der Waals surface area contributed by atoms with Gasteiger partial charge in [-0.1, -0.05) is 50.2 Å². The number of aromatic nitrogens is 2. The van der Waals surface area contributed by atoms with E-state index in [4.69, 9.17) is 10.8 Å². The first-order valence-corrected chi connectivity index (χ1v) is 9.77. The standard InChI is InChI=1S/C26H22N2O/c1-16(2)19-13-14-27-23(15-19)20-10-9-17(3)24-21-11-12-22(18-7-5-4-6-8-18)28-26(21)29-25(20)24/h4-16H,1-3H3/i16D. The molecule has 0 fully saturated rings. The summed E-state index contributed by atoms with van der Waals surface area (Å²) in [6.07, 6.45) is 1.76. The van der Waals surface area contributed by atoms with Gasteiger partial charge >= 0.3 is 0 Å². The molecule has 0 atom stereocenters. The predicted octanol–water partition coefficient (Wildman–Crippen LogP) is 7.14. The zero-order valence-corrected chi connectivity index (χ0v) is 16.7. The lowest BCUT2D eigenvalue weighted by molar-refractivity contribution is 0.655. The molecule has 3 nitrogen and oxygen atoms in total. The minimum absolute atomic E-state index is 0.624. The van der Waals surface area contributed by atoms with Crippen molar-refractivity contribution in [3.05, 3.63) is 84.1 Å². The lowest BCUT2D eigenvalue weighted by atomic mass is 9.99. The number of benzene rings is 2. The van der Waals surface area contributed by atoms with Crippen LogP contribution < -0.4 is 0 Å². The summed E-state index contributed by atoms with van der Waals surface area (Å²) in [5.74, 6) is -0.693. The molecule has 3 heterocycles. The van der Waals surface area contributed by atoms with Gasteiger partial charge in [-0.15, -0.1) is 0 Å². The maximum Gasteiger partial charge on any atom is 0.227 e. The number of hydrogen-bond donors (Lipinski definition) is 0. The Balaban J connectivity index is 1.74. The second-order valence-electron chi connectivity index (χ2n) is 7.58. The summed E-state index contributed by atoms with van der Waals surface area (Å²) in [6.45, 7) is 5.85. The summed E-state index contributed by atoms with van der Waals surface area (Å²) in [5, 5.41) is 2.06. The van der Waals surface area contributed by atoms with Crippen molar-refractivity contribution in [2.75, 3.05) is 0 Å². The van der Waals surface area contributed by atoms with E-state index in [0.717, 1.165) is 50.0 Å². The van der Waals surface area contributed by atoms with E-state index in [1.165, 1.54) is 0 Å². The molecule has 29 heavy (non-hydrogen) atoms. The van der Waals surface area contributed by atoms with Gasteiger partial charge in [0.15, 0.2) is 0 Å². The topological polar surface area (TPSA) is 38.9 Å². The van der Waals surface area contributed by atoms with Crippen LogP contribution in [0.4, 0.5) is 0 Å². The van der Waals surface area contributed by atoms with Crippen molar-refractivity contribution in [1.29, 1.82) is 0 Å². The molecule has 3 aromatic heterocycles. The zero-order chi connectivity index (χ0) is 20.9. The Labute approximate surface area is 171 Å². The number of nitrogens with zero attached hydrogens (tertiary/aromatic N) is 2. The van der Waals surface area contributed by atoms with Crippen molar-refractivity contribution < 1.29 is 5.79 Å². The quantitative estimate of drug-likeness (QED) is 0.334. The fourth-order valence-corrected chi connectivity index (χ4v) is 3.79. The van der Waals surface area contributed by atoms with Crippen LogP contribution in [0, 0.1) is 6.92 Å². The van der Waals surface area contributed by atoms with Crippen LogP contribution in [0.3, 0.4) is 0 Å². The van der Waals surface area contributed by atoms with Crippen LogP contribution >= 0.6 is 0 Å². The maximum absolute atomic E-state index is 8.36. The fourth-order valence-electron chi connectivity index (χ4n) is 3.79. The molecule has 5 aromatic rings. The van der Waals surface area contributed by atoms with Crippen LogP contribution in [-0.2, 0) is 0 Å². The van der Waals surface area contributed by atoms with Gasteiger partial charge in [0.1, 0.15) is 5.58 Å². The first-order chi connectivity index (χ1) is 14.4. The van der Waals surface area contributed by atoms with Crippen LogP contribution in [0.25, 0.3) is 44.6 Å². The lowest BCUT2D eigenvalue weighted by Crippen LogP contribution is -1.91. The van der Waals surface area contributed by atoms with Crippen molar-refractivity contribution >= 4 is 22.1 Å². The normalized spacial score (nSPS) is 12.4. The largest absolute Gasteiger partial charge is 0.437 e.